The minimum Gasteiger partial charge on any atom is -0.390 e. The van der Waals surface area contributed by atoms with Crippen molar-refractivity contribution in [3.8, 4) is 0 Å². The summed E-state index contributed by atoms with van der Waals surface area (Å²) in [6, 6.07) is 8.43. The van der Waals surface area contributed by atoms with Gasteiger partial charge in [-0.3, -0.25) is 0 Å². The fourth-order valence-electron chi connectivity index (χ4n) is 2.14. The van der Waals surface area contributed by atoms with Crippen LogP contribution in [0.2, 0.25) is 0 Å². The number of hydrogen-bond donors (Lipinski definition) is 1. The van der Waals surface area contributed by atoms with Crippen LogP contribution in [0.15, 0.2) is 24.3 Å². The molecule has 0 radical (unpaired) electrons. The summed E-state index contributed by atoms with van der Waals surface area (Å²) in [5.74, 6) is 0.541. The van der Waals surface area contributed by atoms with E-state index in [1.165, 1.54) is 5.56 Å². The summed E-state index contributed by atoms with van der Waals surface area (Å²) in [7, 11) is 0. The summed E-state index contributed by atoms with van der Waals surface area (Å²) in [4.78, 5) is 0. The number of aliphatic hydroxyl groups excluding tert-OH is 1. The Hall–Kier alpha value is -0.900. The number of aliphatic hydroxyl groups is 1. The smallest absolute Gasteiger partial charge is 0.107 e. The summed E-state index contributed by atoms with van der Waals surface area (Å²) in [6.07, 6.45) is -0.0643. The van der Waals surface area contributed by atoms with Gasteiger partial charge in [0.1, 0.15) is 6.10 Å². The molecule has 0 aromatic heterocycles. The Morgan fingerprint density at radius 1 is 1.22 bits per heavy atom. The largest absolute Gasteiger partial charge is 0.390 e. The molecular weight excluding hydrogens is 228 g/mol. The van der Waals surface area contributed by atoms with E-state index in [0.717, 1.165) is 5.56 Å². The molecule has 0 spiro atoms. The molecule has 0 aliphatic carbocycles. The van der Waals surface area contributed by atoms with Crippen molar-refractivity contribution in [3.63, 3.8) is 0 Å². The molecule has 2 rings (SSSR count). The maximum Gasteiger partial charge on any atom is 0.107 e. The van der Waals surface area contributed by atoms with Crippen LogP contribution in [0.3, 0.4) is 0 Å². The summed E-state index contributed by atoms with van der Waals surface area (Å²) in [5.41, 5.74) is 2.46. The van der Waals surface area contributed by atoms with Crippen molar-refractivity contribution in [3.05, 3.63) is 35.4 Å². The third kappa shape index (κ3) is 3.55. The number of rotatable bonds is 4. The van der Waals surface area contributed by atoms with Crippen molar-refractivity contribution in [1.82, 2.24) is 0 Å². The van der Waals surface area contributed by atoms with Gasteiger partial charge in [0.15, 0.2) is 0 Å². The van der Waals surface area contributed by atoms with Crippen LogP contribution in [0.5, 0.6) is 0 Å². The van der Waals surface area contributed by atoms with Crippen molar-refractivity contribution < 1.29 is 14.6 Å². The van der Waals surface area contributed by atoms with Gasteiger partial charge in [-0.2, -0.15) is 0 Å². The van der Waals surface area contributed by atoms with Crippen LogP contribution in [0.1, 0.15) is 30.9 Å². The van der Waals surface area contributed by atoms with Gasteiger partial charge >= 0.3 is 0 Å². The van der Waals surface area contributed by atoms with Crippen LogP contribution in [0, 0.1) is 0 Å². The van der Waals surface area contributed by atoms with Gasteiger partial charge in [0, 0.05) is 6.42 Å². The van der Waals surface area contributed by atoms with E-state index in [2.05, 4.69) is 38.1 Å². The second-order valence-electron chi connectivity index (χ2n) is 5.15. The van der Waals surface area contributed by atoms with Crippen molar-refractivity contribution in [2.45, 2.75) is 38.4 Å². The molecule has 100 valence electrons. The Morgan fingerprint density at radius 2 is 1.94 bits per heavy atom. The van der Waals surface area contributed by atoms with E-state index in [4.69, 9.17) is 9.47 Å². The number of ether oxygens (including phenoxy) is 2. The lowest BCUT2D eigenvalue weighted by molar-refractivity contribution is -0.131. The molecule has 0 saturated carbocycles. The Labute approximate surface area is 109 Å². The zero-order chi connectivity index (χ0) is 13.0. The quantitative estimate of drug-likeness (QED) is 0.889. The fourth-order valence-corrected chi connectivity index (χ4v) is 2.14. The molecule has 2 unspecified atom stereocenters. The SMILES string of the molecule is CC(C)c1ccc(CC(O)C2COCCO2)cc1. The predicted molar refractivity (Wildman–Crippen MR) is 70.8 cm³/mol. The molecule has 3 nitrogen and oxygen atoms in total. The topological polar surface area (TPSA) is 38.7 Å². The molecule has 3 heteroatoms. The van der Waals surface area contributed by atoms with E-state index in [0.29, 0.717) is 32.2 Å². The van der Waals surface area contributed by atoms with Crippen molar-refractivity contribution in [2.24, 2.45) is 0 Å². The highest BCUT2D eigenvalue weighted by molar-refractivity contribution is 5.25. The van der Waals surface area contributed by atoms with Crippen molar-refractivity contribution in [2.75, 3.05) is 19.8 Å². The third-order valence-electron chi connectivity index (χ3n) is 3.36. The molecule has 2 atom stereocenters. The molecule has 0 bridgehead atoms. The molecule has 1 fully saturated rings. The van der Waals surface area contributed by atoms with Gasteiger partial charge in [-0.05, 0) is 17.0 Å². The van der Waals surface area contributed by atoms with Crippen LogP contribution < -0.4 is 0 Å². The van der Waals surface area contributed by atoms with Crippen LogP contribution in [0.4, 0.5) is 0 Å². The van der Waals surface area contributed by atoms with Crippen molar-refractivity contribution in [1.29, 1.82) is 0 Å². The predicted octanol–water partition coefficient (Wildman–Crippen LogP) is 2.13. The van der Waals surface area contributed by atoms with Gasteiger partial charge in [0.05, 0.1) is 25.9 Å². The lowest BCUT2D eigenvalue weighted by Crippen LogP contribution is -2.39. The van der Waals surface area contributed by atoms with E-state index in [1.54, 1.807) is 0 Å². The Balaban J connectivity index is 1.91. The second-order valence-corrected chi connectivity index (χ2v) is 5.15. The van der Waals surface area contributed by atoms with Gasteiger partial charge < -0.3 is 14.6 Å². The van der Waals surface area contributed by atoms with Gasteiger partial charge in [0.2, 0.25) is 0 Å². The van der Waals surface area contributed by atoms with Crippen LogP contribution >= 0.6 is 0 Å². The van der Waals surface area contributed by atoms with Gasteiger partial charge in [-0.1, -0.05) is 38.1 Å². The minimum absolute atomic E-state index is 0.191. The highest BCUT2D eigenvalue weighted by atomic mass is 16.6. The molecule has 0 amide bonds. The van der Waals surface area contributed by atoms with E-state index < -0.39 is 6.10 Å². The lowest BCUT2D eigenvalue weighted by Gasteiger charge is -2.27. The Kier molecular flexibility index (Phi) is 4.75. The average Bonchev–Trinajstić information content (AvgIpc) is 2.40. The zero-order valence-corrected chi connectivity index (χ0v) is 11.1. The second kappa shape index (κ2) is 6.32. The molecule has 18 heavy (non-hydrogen) atoms. The first kappa shape index (κ1) is 13.5. The average molecular weight is 250 g/mol. The first-order valence-electron chi connectivity index (χ1n) is 6.63. The van der Waals surface area contributed by atoms with Crippen LogP contribution in [-0.2, 0) is 15.9 Å². The van der Waals surface area contributed by atoms with E-state index in [9.17, 15) is 5.11 Å². The molecule has 1 aliphatic heterocycles. The first-order chi connectivity index (χ1) is 8.66. The molecule has 1 aromatic rings. The molecule has 1 aliphatic rings. The summed E-state index contributed by atoms with van der Waals surface area (Å²) in [6.45, 7) is 6.06. The van der Waals surface area contributed by atoms with E-state index >= 15 is 0 Å². The fraction of sp³-hybridized carbons (Fsp3) is 0.600. The van der Waals surface area contributed by atoms with Gasteiger partial charge in [-0.25, -0.2) is 0 Å². The first-order valence-corrected chi connectivity index (χ1v) is 6.63. The van der Waals surface area contributed by atoms with E-state index in [1.807, 2.05) is 0 Å². The van der Waals surface area contributed by atoms with E-state index in [-0.39, 0.29) is 6.10 Å². The monoisotopic (exact) mass is 250 g/mol. The summed E-state index contributed by atoms with van der Waals surface area (Å²) in [5, 5.41) is 10.1. The maximum absolute atomic E-state index is 10.1. The molecular formula is C15H22O3. The maximum atomic E-state index is 10.1. The van der Waals surface area contributed by atoms with Crippen molar-refractivity contribution >= 4 is 0 Å². The van der Waals surface area contributed by atoms with Crippen LogP contribution in [-0.4, -0.2) is 37.1 Å². The van der Waals surface area contributed by atoms with Crippen LogP contribution in [0.25, 0.3) is 0 Å². The number of benzene rings is 1. The normalized spacial score (nSPS) is 22.1. The molecule has 1 aromatic carbocycles. The third-order valence-corrected chi connectivity index (χ3v) is 3.36. The Bertz CT molecular complexity index is 353. The van der Waals surface area contributed by atoms with Gasteiger partial charge in [0.25, 0.3) is 0 Å². The number of hydrogen-bond acceptors (Lipinski definition) is 3. The highest BCUT2D eigenvalue weighted by Crippen LogP contribution is 2.17. The standard InChI is InChI=1S/C15H22O3/c1-11(2)13-5-3-12(4-6-13)9-14(16)15-10-17-7-8-18-15/h3-6,11,14-16H,7-10H2,1-2H3. The Morgan fingerprint density at radius 3 is 2.50 bits per heavy atom. The lowest BCUT2D eigenvalue weighted by atomic mass is 9.98. The van der Waals surface area contributed by atoms with Gasteiger partial charge in [-0.15, -0.1) is 0 Å². The molecule has 1 heterocycles. The highest BCUT2D eigenvalue weighted by Gasteiger charge is 2.23. The minimum atomic E-state index is -0.491. The summed E-state index contributed by atoms with van der Waals surface area (Å²) >= 11 is 0. The molecule has 1 saturated heterocycles. The zero-order valence-electron chi connectivity index (χ0n) is 11.1. The molecule has 1 N–H and O–H groups in total. The summed E-state index contributed by atoms with van der Waals surface area (Å²) < 4.78 is 10.8.